The summed E-state index contributed by atoms with van der Waals surface area (Å²) < 4.78 is 0. The van der Waals surface area contributed by atoms with Crippen LogP contribution in [0.15, 0.2) is 29.2 Å². The molecule has 24 heavy (non-hydrogen) atoms. The molecule has 1 aliphatic rings. The van der Waals surface area contributed by atoms with Gasteiger partial charge in [0.05, 0.1) is 5.69 Å². The summed E-state index contributed by atoms with van der Waals surface area (Å²) in [6.45, 7) is 3.98. The van der Waals surface area contributed by atoms with Crippen LogP contribution >= 0.6 is 11.3 Å². The molecule has 1 aromatic carbocycles. The summed E-state index contributed by atoms with van der Waals surface area (Å²) in [4.78, 5) is 30.3. The van der Waals surface area contributed by atoms with Crippen molar-refractivity contribution in [2.75, 3.05) is 11.4 Å². The van der Waals surface area contributed by atoms with Crippen molar-refractivity contribution in [2.24, 2.45) is 0 Å². The molecule has 0 bridgehead atoms. The first kappa shape index (κ1) is 16.4. The number of aryl methyl sites for hydroxylation is 1. The van der Waals surface area contributed by atoms with Gasteiger partial charge in [0.1, 0.15) is 5.75 Å². The molecule has 1 aliphatic carbocycles. The van der Waals surface area contributed by atoms with Crippen LogP contribution in [-0.2, 0) is 11.2 Å². The minimum absolute atomic E-state index is 0.0234. The number of phenols is 1. The van der Waals surface area contributed by atoms with Crippen molar-refractivity contribution in [1.29, 1.82) is 0 Å². The molecule has 6 heteroatoms. The Morgan fingerprint density at radius 1 is 1.42 bits per heavy atom. The van der Waals surface area contributed by atoms with E-state index in [0.29, 0.717) is 41.3 Å². The zero-order valence-corrected chi connectivity index (χ0v) is 14.4. The molecule has 5 nitrogen and oxygen atoms in total. The number of allylic oxidation sites excluding steroid dienone is 1. The Balaban J connectivity index is 1.88. The van der Waals surface area contributed by atoms with Crippen LogP contribution in [0.1, 0.15) is 41.9 Å². The second-order valence-corrected chi connectivity index (χ2v) is 6.49. The molecule has 1 N–H and O–H groups in total. The first-order valence-electron chi connectivity index (χ1n) is 7.80. The van der Waals surface area contributed by atoms with Crippen LogP contribution in [0.25, 0.3) is 6.08 Å². The monoisotopic (exact) mass is 342 g/mol. The highest BCUT2D eigenvalue weighted by Crippen LogP contribution is 2.30. The fourth-order valence-corrected chi connectivity index (χ4v) is 3.73. The lowest BCUT2D eigenvalue weighted by Crippen LogP contribution is -2.27. The third-order valence-electron chi connectivity index (χ3n) is 4.05. The van der Waals surface area contributed by atoms with Crippen molar-refractivity contribution in [3.05, 3.63) is 46.0 Å². The number of carbonyl (C=O) groups is 2. The number of anilines is 1. The molecular weight excluding hydrogens is 324 g/mol. The summed E-state index contributed by atoms with van der Waals surface area (Å²) >= 11 is 1.39. The number of hydrogen-bond donors (Lipinski definition) is 1. The van der Waals surface area contributed by atoms with Gasteiger partial charge in [-0.15, -0.1) is 11.3 Å². The second-order valence-electron chi connectivity index (χ2n) is 5.66. The normalized spacial score (nSPS) is 15.4. The smallest absolute Gasteiger partial charge is 0.225 e. The van der Waals surface area contributed by atoms with Crippen molar-refractivity contribution in [3.63, 3.8) is 0 Å². The van der Waals surface area contributed by atoms with Crippen LogP contribution in [0.3, 0.4) is 0 Å². The molecule has 0 spiro atoms. The molecule has 0 atom stereocenters. The van der Waals surface area contributed by atoms with Gasteiger partial charge in [0.25, 0.3) is 0 Å². The lowest BCUT2D eigenvalue weighted by molar-refractivity contribution is -0.116. The molecule has 0 fully saturated rings. The fraction of sp³-hybridized carbons (Fsp3) is 0.278. The van der Waals surface area contributed by atoms with Gasteiger partial charge in [0.2, 0.25) is 5.91 Å². The Morgan fingerprint density at radius 3 is 2.92 bits per heavy atom. The standard InChI is InChI=1S/C18H18N2O3S/c1-3-20(11(2)21)18-19-14(10-24-18)8-13-5-4-12-9-15(22)6-7-16(12)17(13)23/h6-10,22H,3-5H2,1-2H3/b13-8-. The number of hydrogen-bond acceptors (Lipinski definition) is 5. The number of ketones is 1. The van der Waals surface area contributed by atoms with Crippen molar-refractivity contribution in [1.82, 2.24) is 4.98 Å². The Morgan fingerprint density at radius 2 is 2.21 bits per heavy atom. The number of thiazole rings is 1. The predicted molar refractivity (Wildman–Crippen MR) is 94.6 cm³/mol. The summed E-state index contributed by atoms with van der Waals surface area (Å²) in [6, 6.07) is 4.85. The number of carbonyl (C=O) groups excluding carboxylic acids is 2. The Kier molecular flexibility index (Phi) is 4.49. The Labute approximate surface area is 144 Å². The van der Waals surface area contributed by atoms with Gasteiger partial charge < -0.3 is 5.11 Å². The first-order chi connectivity index (χ1) is 11.5. The van der Waals surface area contributed by atoms with Crippen LogP contribution in [0.5, 0.6) is 5.75 Å². The minimum Gasteiger partial charge on any atom is -0.508 e. The summed E-state index contributed by atoms with van der Waals surface area (Å²) in [5, 5.41) is 12.0. The number of benzene rings is 1. The van der Waals surface area contributed by atoms with Gasteiger partial charge in [-0.05, 0) is 49.6 Å². The van der Waals surface area contributed by atoms with E-state index in [0.717, 1.165) is 5.56 Å². The van der Waals surface area contributed by atoms with Crippen LogP contribution in [0, 0.1) is 0 Å². The van der Waals surface area contributed by atoms with E-state index >= 15 is 0 Å². The van der Waals surface area contributed by atoms with E-state index in [-0.39, 0.29) is 17.4 Å². The zero-order valence-electron chi connectivity index (χ0n) is 13.6. The van der Waals surface area contributed by atoms with Gasteiger partial charge in [-0.1, -0.05) is 0 Å². The van der Waals surface area contributed by atoms with E-state index in [9.17, 15) is 14.7 Å². The molecule has 1 aromatic heterocycles. The highest BCUT2D eigenvalue weighted by molar-refractivity contribution is 7.14. The Bertz CT molecular complexity index is 839. The summed E-state index contributed by atoms with van der Waals surface area (Å²) in [5.41, 5.74) is 2.92. The molecule has 0 saturated carbocycles. The highest BCUT2D eigenvalue weighted by atomic mass is 32.1. The van der Waals surface area contributed by atoms with Crippen molar-refractivity contribution in [3.8, 4) is 5.75 Å². The second kappa shape index (κ2) is 6.57. The van der Waals surface area contributed by atoms with Gasteiger partial charge in [-0.3, -0.25) is 14.5 Å². The molecule has 2 aromatic rings. The molecule has 0 saturated heterocycles. The zero-order chi connectivity index (χ0) is 17.3. The Hall–Kier alpha value is -2.47. The first-order valence-corrected chi connectivity index (χ1v) is 8.68. The third kappa shape index (κ3) is 3.10. The van der Waals surface area contributed by atoms with Gasteiger partial charge >= 0.3 is 0 Å². The lowest BCUT2D eigenvalue weighted by atomic mass is 9.86. The van der Waals surface area contributed by atoms with E-state index in [1.807, 2.05) is 12.3 Å². The van der Waals surface area contributed by atoms with Crippen LogP contribution in [-0.4, -0.2) is 28.3 Å². The summed E-state index contributed by atoms with van der Waals surface area (Å²) in [7, 11) is 0. The minimum atomic E-state index is -0.0477. The van der Waals surface area contributed by atoms with Gasteiger partial charge in [-0.25, -0.2) is 4.98 Å². The lowest BCUT2D eigenvalue weighted by Gasteiger charge is -2.17. The average Bonchev–Trinajstić information content (AvgIpc) is 2.98. The number of rotatable bonds is 3. The number of fused-ring (bicyclic) bond motifs is 1. The fourth-order valence-electron chi connectivity index (χ4n) is 2.84. The molecule has 1 heterocycles. The molecule has 0 unspecified atom stereocenters. The molecule has 0 radical (unpaired) electrons. The maximum atomic E-state index is 12.6. The number of aromatic nitrogens is 1. The van der Waals surface area contributed by atoms with Crippen molar-refractivity contribution in [2.45, 2.75) is 26.7 Å². The van der Waals surface area contributed by atoms with E-state index in [1.165, 1.54) is 24.3 Å². The maximum Gasteiger partial charge on any atom is 0.225 e. The third-order valence-corrected chi connectivity index (χ3v) is 4.93. The predicted octanol–water partition coefficient (Wildman–Crippen LogP) is 3.43. The molecule has 124 valence electrons. The number of aromatic hydroxyl groups is 1. The highest BCUT2D eigenvalue weighted by Gasteiger charge is 2.22. The van der Waals surface area contributed by atoms with E-state index in [2.05, 4.69) is 4.98 Å². The number of nitrogens with zero attached hydrogens (tertiary/aromatic N) is 2. The van der Waals surface area contributed by atoms with Crippen LogP contribution < -0.4 is 4.90 Å². The SMILES string of the molecule is CCN(C(C)=O)c1nc(/C=C2/CCc3cc(O)ccc3C2=O)cs1. The van der Waals surface area contributed by atoms with Crippen molar-refractivity contribution < 1.29 is 14.7 Å². The largest absolute Gasteiger partial charge is 0.508 e. The van der Waals surface area contributed by atoms with Gasteiger partial charge in [0, 0.05) is 30.0 Å². The number of phenolic OH excluding ortho intramolecular Hbond substituents is 1. The number of Topliss-reactive ketones (excluding diaryl/α,β-unsaturated/α-hetero) is 1. The molecule has 1 amide bonds. The van der Waals surface area contributed by atoms with E-state index in [4.69, 9.17) is 0 Å². The average molecular weight is 342 g/mol. The maximum absolute atomic E-state index is 12.6. The molecule has 0 aliphatic heterocycles. The van der Waals surface area contributed by atoms with Crippen LogP contribution in [0.2, 0.25) is 0 Å². The summed E-state index contributed by atoms with van der Waals surface area (Å²) in [5.74, 6) is 0.111. The summed E-state index contributed by atoms with van der Waals surface area (Å²) in [6.07, 6.45) is 3.13. The van der Waals surface area contributed by atoms with Gasteiger partial charge in [-0.2, -0.15) is 0 Å². The quantitative estimate of drug-likeness (QED) is 0.868. The van der Waals surface area contributed by atoms with E-state index in [1.54, 1.807) is 23.1 Å². The topological polar surface area (TPSA) is 70.5 Å². The molecule has 3 rings (SSSR count). The van der Waals surface area contributed by atoms with E-state index < -0.39 is 0 Å². The number of amides is 1. The van der Waals surface area contributed by atoms with Crippen molar-refractivity contribution >= 4 is 34.2 Å². The molecular formula is C18H18N2O3S. The van der Waals surface area contributed by atoms with Crippen LogP contribution in [0.4, 0.5) is 5.13 Å². The van der Waals surface area contributed by atoms with Gasteiger partial charge in [0.15, 0.2) is 10.9 Å².